The van der Waals surface area contributed by atoms with Crippen molar-refractivity contribution in [2.45, 2.75) is 39.8 Å². The standard InChI is InChI=1S/C22H26N2O4/c1-15-11-16(2)13-19(12-15)21(22(27)28)23-20(26)9-10-24(17(3)25)14-18-7-5-4-6-8-18/h4-8,11-13,21H,9-10,14H2,1-3H3,(H,23,26)(H,27,28). The molecule has 6 nitrogen and oxygen atoms in total. The number of nitrogens with zero attached hydrogens (tertiary/aromatic N) is 1. The molecule has 2 aromatic carbocycles. The highest BCUT2D eigenvalue weighted by Gasteiger charge is 2.23. The van der Waals surface area contributed by atoms with Crippen molar-refractivity contribution in [2.75, 3.05) is 6.54 Å². The minimum Gasteiger partial charge on any atom is -0.479 e. The van der Waals surface area contributed by atoms with Crippen LogP contribution in [0.2, 0.25) is 0 Å². The summed E-state index contributed by atoms with van der Waals surface area (Å²) in [6.45, 7) is 5.84. The summed E-state index contributed by atoms with van der Waals surface area (Å²) in [6, 6.07) is 13.8. The zero-order valence-corrected chi connectivity index (χ0v) is 16.4. The second-order valence-electron chi connectivity index (χ2n) is 6.94. The van der Waals surface area contributed by atoms with Gasteiger partial charge in [0, 0.05) is 26.4 Å². The fourth-order valence-corrected chi connectivity index (χ4v) is 3.09. The van der Waals surface area contributed by atoms with Crippen molar-refractivity contribution in [1.29, 1.82) is 0 Å². The van der Waals surface area contributed by atoms with Crippen molar-refractivity contribution < 1.29 is 19.5 Å². The lowest BCUT2D eigenvalue weighted by Crippen LogP contribution is -2.37. The molecule has 28 heavy (non-hydrogen) atoms. The SMILES string of the molecule is CC(=O)N(CCC(=O)NC(C(=O)O)c1cc(C)cc(C)c1)Cc1ccccc1. The minimum absolute atomic E-state index is 0.0288. The molecule has 0 heterocycles. The molecular formula is C22H26N2O4. The molecule has 0 fully saturated rings. The fourth-order valence-electron chi connectivity index (χ4n) is 3.09. The summed E-state index contributed by atoms with van der Waals surface area (Å²) in [6.07, 6.45) is 0.0288. The van der Waals surface area contributed by atoms with E-state index in [1.165, 1.54) is 6.92 Å². The summed E-state index contributed by atoms with van der Waals surface area (Å²) in [4.78, 5) is 37.5. The van der Waals surface area contributed by atoms with Gasteiger partial charge in [-0.3, -0.25) is 9.59 Å². The number of hydrogen-bond donors (Lipinski definition) is 2. The molecule has 0 aromatic heterocycles. The van der Waals surface area contributed by atoms with Gasteiger partial charge in [0.1, 0.15) is 0 Å². The number of hydrogen-bond acceptors (Lipinski definition) is 3. The van der Waals surface area contributed by atoms with Crippen LogP contribution in [-0.4, -0.2) is 34.3 Å². The van der Waals surface area contributed by atoms with Crippen molar-refractivity contribution in [3.05, 3.63) is 70.8 Å². The second-order valence-corrected chi connectivity index (χ2v) is 6.94. The summed E-state index contributed by atoms with van der Waals surface area (Å²) < 4.78 is 0. The van der Waals surface area contributed by atoms with Crippen LogP contribution in [0.15, 0.2) is 48.5 Å². The van der Waals surface area contributed by atoms with Crippen LogP contribution in [0.25, 0.3) is 0 Å². The Morgan fingerprint density at radius 2 is 1.64 bits per heavy atom. The number of aliphatic carboxylic acids is 1. The monoisotopic (exact) mass is 382 g/mol. The van der Waals surface area contributed by atoms with Crippen molar-refractivity contribution in [1.82, 2.24) is 10.2 Å². The zero-order chi connectivity index (χ0) is 20.7. The molecule has 2 rings (SSSR count). The molecule has 2 aromatic rings. The van der Waals surface area contributed by atoms with Gasteiger partial charge in [-0.2, -0.15) is 0 Å². The summed E-state index contributed by atoms with van der Waals surface area (Å²) in [5.74, 6) is -1.67. The van der Waals surface area contributed by atoms with Crippen molar-refractivity contribution >= 4 is 17.8 Å². The van der Waals surface area contributed by atoms with Gasteiger partial charge in [0.25, 0.3) is 0 Å². The molecule has 0 bridgehead atoms. The van der Waals surface area contributed by atoms with Crippen LogP contribution in [-0.2, 0) is 20.9 Å². The first kappa shape index (κ1) is 21.2. The number of aryl methyl sites for hydroxylation is 2. The summed E-state index contributed by atoms with van der Waals surface area (Å²) in [7, 11) is 0. The highest BCUT2D eigenvalue weighted by atomic mass is 16.4. The van der Waals surface area contributed by atoms with Gasteiger partial charge in [0.05, 0.1) is 0 Å². The van der Waals surface area contributed by atoms with E-state index in [0.717, 1.165) is 16.7 Å². The first-order chi connectivity index (χ1) is 13.3. The summed E-state index contributed by atoms with van der Waals surface area (Å²) in [5.41, 5.74) is 3.37. The number of rotatable bonds is 8. The highest BCUT2D eigenvalue weighted by molar-refractivity contribution is 5.85. The van der Waals surface area contributed by atoms with E-state index in [-0.39, 0.29) is 18.9 Å². The molecule has 0 radical (unpaired) electrons. The molecule has 1 unspecified atom stereocenters. The first-order valence-electron chi connectivity index (χ1n) is 9.16. The Bertz CT molecular complexity index is 829. The maximum absolute atomic E-state index is 12.4. The average Bonchev–Trinajstić information content (AvgIpc) is 2.62. The topological polar surface area (TPSA) is 86.7 Å². The second kappa shape index (κ2) is 9.69. The molecule has 0 saturated carbocycles. The normalized spacial score (nSPS) is 11.5. The van der Waals surface area contributed by atoms with E-state index in [1.807, 2.05) is 50.2 Å². The Balaban J connectivity index is 2.01. The lowest BCUT2D eigenvalue weighted by molar-refractivity contribution is -0.142. The maximum Gasteiger partial charge on any atom is 0.330 e. The number of carbonyl (C=O) groups excluding carboxylic acids is 2. The highest BCUT2D eigenvalue weighted by Crippen LogP contribution is 2.18. The van der Waals surface area contributed by atoms with E-state index in [2.05, 4.69) is 5.32 Å². The third-order valence-corrected chi connectivity index (χ3v) is 4.40. The third kappa shape index (κ3) is 6.23. The number of carbonyl (C=O) groups is 3. The van der Waals surface area contributed by atoms with Gasteiger partial charge < -0.3 is 15.3 Å². The smallest absolute Gasteiger partial charge is 0.330 e. The molecule has 6 heteroatoms. The van der Waals surface area contributed by atoms with Crippen molar-refractivity contribution in [2.24, 2.45) is 0 Å². The Morgan fingerprint density at radius 1 is 1.04 bits per heavy atom. The fraction of sp³-hybridized carbons (Fsp3) is 0.318. The Hall–Kier alpha value is -3.15. The molecule has 148 valence electrons. The Labute approximate surface area is 165 Å². The predicted molar refractivity (Wildman–Crippen MR) is 107 cm³/mol. The number of benzene rings is 2. The van der Waals surface area contributed by atoms with E-state index in [1.54, 1.807) is 17.0 Å². The van der Waals surface area contributed by atoms with Gasteiger partial charge in [-0.05, 0) is 25.0 Å². The molecule has 2 N–H and O–H groups in total. The van der Waals surface area contributed by atoms with Crippen LogP contribution < -0.4 is 5.32 Å². The largest absolute Gasteiger partial charge is 0.479 e. The molecule has 0 aliphatic carbocycles. The van der Waals surface area contributed by atoms with Gasteiger partial charge >= 0.3 is 5.97 Å². The van der Waals surface area contributed by atoms with Gasteiger partial charge in [-0.1, -0.05) is 59.7 Å². The number of nitrogens with one attached hydrogen (secondary N) is 1. The Kier molecular flexibility index (Phi) is 7.32. The number of carboxylic acids is 1. The summed E-state index contributed by atoms with van der Waals surface area (Å²) in [5, 5.41) is 12.1. The molecule has 1 atom stereocenters. The van der Waals surface area contributed by atoms with E-state index < -0.39 is 17.9 Å². The quantitative estimate of drug-likeness (QED) is 0.735. The number of carboxylic acid groups (broad SMARTS) is 1. The number of amides is 2. The predicted octanol–water partition coefficient (Wildman–Crippen LogP) is 2.98. The summed E-state index contributed by atoms with van der Waals surface area (Å²) >= 11 is 0. The Morgan fingerprint density at radius 3 is 2.18 bits per heavy atom. The molecular weight excluding hydrogens is 356 g/mol. The zero-order valence-electron chi connectivity index (χ0n) is 16.4. The van der Waals surface area contributed by atoms with Crippen LogP contribution in [0, 0.1) is 13.8 Å². The molecule has 0 saturated heterocycles. The lowest BCUT2D eigenvalue weighted by atomic mass is 10.0. The van der Waals surface area contributed by atoms with E-state index in [0.29, 0.717) is 12.1 Å². The van der Waals surface area contributed by atoms with Crippen LogP contribution >= 0.6 is 0 Å². The van der Waals surface area contributed by atoms with E-state index >= 15 is 0 Å². The third-order valence-electron chi connectivity index (χ3n) is 4.40. The van der Waals surface area contributed by atoms with Crippen LogP contribution in [0.4, 0.5) is 0 Å². The van der Waals surface area contributed by atoms with Crippen LogP contribution in [0.5, 0.6) is 0 Å². The van der Waals surface area contributed by atoms with Crippen molar-refractivity contribution in [3.63, 3.8) is 0 Å². The maximum atomic E-state index is 12.4. The van der Waals surface area contributed by atoms with Gasteiger partial charge in [-0.15, -0.1) is 0 Å². The average molecular weight is 382 g/mol. The van der Waals surface area contributed by atoms with Crippen molar-refractivity contribution in [3.8, 4) is 0 Å². The van der Waals surface area contributed by atoms with Crippen LogP contribution in [0.1, 0.15) is 41.6 Å². The molecule has 2 amide bonds. The van der Waals surface area contributed by atoms with Gasteiger partial charge in [0.2, 0.25) is 11.8 Å². The van der Waals surface area contributed by atoms with Gasteiger partial charge in [0.15, 0.2) is 6.04 Å². The molecule has 0 spiro atoms. The van der Waals surface area contributed by atoms with Gasteiger partial charge in [-0.25, -0.2) is 4.79 Å². The first-order valence-corrected chi connectivity index (χ1v) is 9.16. The molecule has 0 aliphatic heterocycles. The van der Waals surface area contributed by atoms with E-state index in [9.17, 15) is 19.5 Å². The lowest BCUT2D eigenvalue weighted by Gasteiger charge is -2.22. The van der Waals surface area contributed by atoms with Crippen LogP contribution in [0.3, 0.4) is 0 Å². The minimum atomic E-state index is -1.12. The van der Waals surface area contributed by atoms with E-state index in [4.69, 9.17) is 0 Å². The molecule has 0 aliphatic rings.